The van der Waals surface area contributed by atoms with Crippen LogP contribution in [0.2, 0.25) is 0 Å². The molecule has 10 nitrogen and oxygen atoms in total. The molecule has 1 saturated heterocycles. The van der Waals surface area contributed by atoms with Gasteiger partial charge in [0.25, 0.3) is 11.8 Å². The Labute approximate surface area is 198 Å². The van der Waals surface area contributed by atoms with E-state index in [4.69, 9.17) is 9.57 Å². The second kappa shape index (κ2) is 9.34. The van der Waals surface area contributed by atoms with Gasteiger partial charge in [-0.3, -0.25) is 24.0 Å². The quantitative estimate of drug-likeness (QED) is 0.491. The van der Waals surface area contributed by atoms with E-state index in [9.17, 15) is 24.0 Å². The standard InChI is InChI=1S/C24H23N3O7.2H2/c1-13(25-14(2)28)23(31)26-15-7-8-18-16-5-3-4-6-17(16)20(19(18)11-15)12-33-24(32)34-27-21(29)9-10-22(27)30;;/h3-8,11,13,20H,9-10,12H2,1-2H3,(H,25,28)(H,26,31);2*1H. The largest absolute Gasteiger partial charge is 0.533 e. The Bertz CT molecular complexity index is 1190. The summed E-state index contributed by atoms with van der Waals surface area (Å²) >= 11 is 0. The zero-order valence-electron chi connectivity index (χ0n) is 18.6. The number of hydrogen-bond donors (Lipinski definition) is 2. The van der Waals surface area contributed by atoms with Gasteiger partial charge in [0.15, 0.2) is 0 Å². The monoisotopic (exact) mass is 469 g/mol. The first-order chi connectivity index (χ1) is 16.2. The number of benzene rings is 2. The van der Waals surface area contributed by atoms with Gasteiger partial charge in [-0.15, -0.1) is 0 Å². The number of amides is 4. The normalized spacial score (nSPS) is 17.0. The molecule has 2 aromatic carbocycles. The van der Waals surface area contributed by atoms with Crippen molar-refractivity contribution in [2.45, 2.75) is 38.6 Å². The Kier molecular flexibility index (Phi) is 6.31. The molecule has 2 aromatic rings. The number of carbonyl (C=O) groups excluding carboxylic acids is 5. The minimum atomic E-state index is -1.15. The van der Waals surface area contributed by atoms with Gasteiger partial charge < -0.3 is 15.4 Å². The molecule has 34 heavy (non-hydrogen) atoms. The first kappa shape index (κ1) is 23.0. The maximum Gasteiger partial charge on any atom is 0.533 e. The van der Waals surface area contributed by atoms with E-state index in [-0.39, 0.29) is 40.0 Å². The lowest BCUT2D eigenvalue weighted by atomic mass is 9.97. The van der Waals surface area contributed by atoms with Crippen molar-refractivity contribution in [1.82, 2.24) is 10.4 Å². The Balaban J connectivity index is 0.00000228. The second-order valence-electron chi connectivity index (χ2n) is 8.09. The number of ether oxygens (including phenoxy) is 1. The van der Waals surface area contributed by atoms with Crippen molar-refractivity contribution in [2.75, 3.05) is 11.9 Å². The van der Waals surface area contributed by atoms with E-state index in [0.717, 1.165) is 22.3 Å². The van der Waals surface area contributed by atoms with Gasteiger partial charge in [0.2, 0.25) is 11.8 Å². The van der Waals surface area contributed by atoms with Crippen molar-refractivity contribution in [2.24, 2.45) is 0 Å². The van der Waals surface area contributed by atoms with Gasteiger partial charge in [-0.05, 0) is 41.3 Å². The molecule has 1 fully saturated rings. The summed E-state index contributed by atoms with van der Waals surface area (Å²) in [5.41, 5.74) is 4.17. The first-order valence-corrected chi connectivity index (χ1v) is 10.8. The highest BCUT2D eigenvalue weighted by Crippen LogP contribution is 2.45. The molecule has 10 heteroatoms. The van der Waals surface area contributed by atoms with Crippen LogP contribution >= 0.6 is 0 Å². The van der Waals surface area contributed by atoms with E-state index in [0.29, 0.717) is 10.8 Å². The lowest BCUT2D eigenvalue weighted by molar-refractivity contribution is -0.177. The molecule has 1 heterocycles. The minimum absolute atomic E-state index is 0. The number of imide groups is 1. The van der Waals surface area contributed by atoms with E-state index >= 15 is 0 Å². The number of fused-ring (bicyclic) bond motifs is 3. The van der Waals surface area contributed by atoms with E-state index in [1.54, 1.807) is 19.1 Å². The predicted octanol–water partition coefficient (Wildman–Crippen LogP) is 2.97. The third-order valence-corrected chi connectivity index (χ3v) is 5.67. The highest BCUT2D eigenvalue weighted by atomic mass is 16.8. The van der Waals surface area contributed by atoms with Gasteiger partial charge in [-0.1, -0.05) is 35.4 Å². The van der Waals surface area contributed by atoms with Crippen molar-refractivity contribution in [3.63, 3.8) is 0 Å². The summed E-state index contributed by atoms with van der Waals surface area (Å²) < 4.78 is 5.26. The molecule has 180 valence electrons. The summed E-state index contributed by atoms with van der Waals surface area (Å²) in [7, 11) is 0. The molecule has 0 spiro atoms. The summed E-state index contributed by atoms with van der Waals surface area (Å²) in [6.45, 7) is 2.82. The van der Waals surface area contributed by atoms with Gasteiger partial charge >= 0.3 is 6.16 Å². The van der Waals surface area contributed by atoms with Crippen LogP contribution in [0.1, 0.15) is 46.6 Å². The number of rotatable bonds is 6. The molecule has 4 amide bonds. The molecule has 2 unspecified atom stereocenters. The molecule has 4 rings (SSSR count). The van der Waals surface area contributed by atoms with Gasteiger partial charge in [0.05, 0.1) is 0 Å². The van der Waals surface area contributed by atoms with Crippen LogP contribution in [-0.2, 0) is 28.8 Å². The molecule has 2 N–H and O–H groups in total. The highest BCUT2D eigenvalue weighted by molar-refractivity contribution is 6.01. The van der Waals surface area contributed by atoms with Crippen LogP contribution in [0, 0.1) is 0 Å². The Morgan fingerprint density at radius 3 is 2.44 bits per heavy atom. The lowest BCUT2D eigenvalue weighted by Crippen LogP contribution is -2.40. The minimum Gasteiger partial charge on any atom is -0.432 e. The lowest BCUT2D eigenvalue weighted by Gasteiger charge is -2.17. The van der Waals surface area contributed by atoms with Crippen LogP contribution in [0.15, 0.2) is 42.5 Å². The smallest absolute Gasteiger partial charge is 0.432 e. The summed E-state index contributed by atoms with van der Waals surface area (Å²) in [4.78, 5) is 63.9. The summed E-state index contributed by atoms with van der Waals surface area (Å²) in [5.74, 6) is -2.22. The number of nitrogens with zero attached hydrogens (tertiary/aromatic N) is 1. The average molecular weight is 469 g/mol. The predicted molar refractivity (Wildman–Crippen MR) is 123 cm³/mol. The molecule has 0 radical (unpaired) electrons. The van der Waals surface area contributed by atoms with Crippen LogP contribution in [0.5, 0.6) is 0 Å². The van der Waals surface area contributed by atoms with E-state index in [1.807, 2.05) is 30.3 Å². The zero-order valence-corrected chi connectivity index (χ0v) is 18.6. The van der Waals surface area contributed by atoms with E-state index < -0.39 is 24.0 Å². The molecular formula is C24H27N3O7. The topological polar surface area (TPSA) is 131 Å². The average Bonchev–Trinajstić information content (AvgIpc) is 3.28. The molecule has 1 aliphatic carbocycles. The summed E-state index contributed by atoms with van der Waals surface area (Å²) in [6, 6.07) is 12.3. The fraction of sp³-hybridized carbons (Fsp3) is 0.292. The number of carbonyl (C=O) groups is 5. The molecular weight excluding hydrogens is 442 g/mol. The van der Waals surface area contributed by atoms with Gasteiger partial charge in [0, 0.05) is 34.2 Å². The Morgan fingerprint density at radius 2 is 1.74 bits per heavy atom. The third kappa shape index (κ3) is 4.61. The Morgan fingerprint density at radius 1 is 1.06 bits per heavy atom. The van der Waals surface area contributed by atoms with Crippen LogP contribution in [0.3, 0.4) is 0 Å². The molecule has 0 saturated carbocycles. The number of hydroxylamine groups is 2. The number of anilines is 1. The van der Waals surface area contributed by atoms with Crippen molar-refractivity contribution in [3.8, 4) is 11.1 Å². The van der Waals surface area contributed by atoms with Crippen LogP contribution in [0.4, 0.5) is 10.5 Å². The van der Waals surface area contributed by atoms with Crippen LogP contribution in [-0.4, -0.2) is 47.5 Å². The van der Waals surface area contributed by atoms with Crippen LogP contribution < -0.4 is 10.6 Å². The fourth-order valence-corrected chi connectivity index (χ4v) is 4.10. The zero-order chi connectivity index (χ0) is 24.4. The first-order valence-electron chi connectivity index (χ1n) is 10.8. The molecule has 2 aliphatic rings. The Hall–Kier alpha value is -4.21. The van der Waals surface area contributed by atoms with Gasteiger partial charge in [-0.25, -0.2) is 4.79 Å². The fourth-order valence-electron chi connectivity index (χ4n) is 4.10. The third-order valence-electron chi connectivity index (χ3n) is 5.67. The number of nitrogens with one attached hydrogen (secondary N) is 2. The van der Waals surface area contributed by atoms with Crippen LogP contribution in [0.25, 0.3) is 11.1 Å². The maximum atomic E-state index is 12.4. The molecule has 2 atom stereocenters. The van der Waals surface area contributed by atoms with Gasteiger partial charge in [0.1, 0.15) is 12.6 Å². The van der Waals surface area contributed by atoms with Crippen molar-refractivity contribution >= 4 is 35.5 Å². The molecule has 0 bridgehead atoms. The molecule has 1 aliphatic heterocycles. The van der Waals surface area contributed by atoms with E-state index in [1.165, 1.54) is 6.92 Å². The second-order valence-corrected chi connectivity index (χ2v) is 8.09. The van der Waals surface area contributed by atoms with E-state index in [2.05, 4.69) is 10.6 Å². The maximum absolute atomic E-state index is 12.4. The summed E-state index contributed by atoms with van der Waals surface area (Å²) in [5, 5.41) is 5.74. The van der Waals surface area contributed by atoms with Crippen molar-refractivity contribution < 1.29 is 36.4 Å². The highest BCUT2D eigenvalue weighted by Gasteiger charge is 2.35. The summed E-state index contributed by atoms with van der Waals surface area (Å²) in [6.07, 6.45) is -1.17. The number of hydrogen-bond acceptors (Lipinski definition) is 7. The van der Waals surface area contributed by atoms with Crippen molar-refractivity contribution in [3.05, 3.63) is 53.6 Å². The van der Waals surface area contributed by atoms with Crippen molar-refractivity contribution in [1.29, 1.82) is 0 Å². The SMILES string of the molecule is CC(=O)NC(C)C(=O)Nc1ccc2c(c1)C(COC(=O)ON1C(=O)CCC1=O)c1ccccc1-2.[HH].[HH]. The molecule has 0 aromatic heterocycles. The van der Waals surface area contributed by atoms with Gasteiger partial charge in [-0.2, -0.15) is 0 Å².